The molecule has 0 radical (unpaired) electrons. The summed E-state index contributed by atoms with van der Waals surface area (Å²) in [6.45, 7) is 1.03. The van der Waals surface area contributed by atoms with Crippen LogP contribution >= 0.6 is 11.6 Å². The quantitative estimate of drug-likeness (QED) is 0.913. The zero-order valence-corrected chi connectivity index (χ0v) is 12.3. The highest BCUT2D eigenvalue weighted by atomic mass is 35.5. The van der Waals surface area contributed by atoms with Crippen LogP contribution < -0.4 is 0 Å². The van der Waals surface area contributed by atoms with Crippen molar-refractivity contribution in [2.75, 3.05) is 7.05 Å². The third kappa shape index (κ3) is 4.28. The average Bonchev–Trinajstić information content (AvgIpc) is 2.40. The maximum Gasteiger partial charge on any atom is 0.336 e. The summed E-state index contributed by atoms with van der Waals surface area (Å²) in [6, 6.07) is 11.3. The summed E-state index contributed by atoms with van der Waals surface area (Å²) in [5.41, 5.74) is 1.60. The van der Waals surface area contributed by atoms with Gasteiger partial charge in [-0.3, -0.25) is 4.90 Å². The first-order valence-electron chi connectivity index (χ1n) is 6.40. The van der Waals surface area contributed by atoms with E-state index in [1.807, 2.05) is 30.1 Å². The lowest BCUT2D eigenvalue weighted by Gasteiger charge is -2.18. The number of carboxylic acid groups (broad SMARTS) is 1. The predicted molar refractivity (Wildman–Crippen MR) is 80.0 cm³/mol. The van der Waals surface area contributed by atoms with Crippen LogP contribution in [0.4, 0.5) is 4.39 Å². The second-order valence-corrected chi connectivity index (χ2v) is 5.35. The fraction of sp³-hybridized carbons (Fsp3) is 0.188. The Balaban J connectivity index is 2.12. The Hall–Kier alpha value is -1.91. The predicted octanol–water partition coefficient (Wildman–Crippen LogP) is 3.81. The molecule has 0 aliphatic carbocycles. The van der Waals surface area contributed by atoms with Crippen molar-refractivity contribution in [3.8, 4) is 0 Å². The van der Waals surface area contributed by atoms with Crippen LogP contribution in [-0.2, 0) is 13.1 Å². The molecule has 0 aliphatic heterocycles. The van der Waals surface area contributed by atoms with Gasteiger partial charge < -0.3 is 5.11 Å². The average molecular weight is 308 g/mol. The highest BCUT2D eigenvalue weighted by Crippen LogP contribution is 2.16. The van der Waals surface area contributed by atoms with E-state index >= 15 is 0 Å². The number of hydrogen-bond acceptors (Lipinski definition) is 2. The molecule has 5 heteroatoms. The van der Waals surface area contributed by atoms with Crippen molar-refractivity contribution in [1.29, 1.82) is 0 Å². The molecular weight excluding hydrogens is 293 g/mol. The van der Waals surface area contributed by atoms with Crippen molar-refractivity contribution >= 4 is 17.6 Å². The molecule has 2 aromatic rings. The van der Waals surface area contributed by atoms with Crippen molar-refractivity contribution < 1.29 is 14.3 Å². The monoisotopic (exact) mass is 307 g/mol. The molecule has 0 bridgehead atoms. The highest BCUT2D eigenvalue weighted by molar-refractivity contribution is 6.30. The van der Waals surface area contributed by atoms with Gasteiger partial charge >= 0.3 is 5.97 Å². The molecule has 0 saturated heterocycles. The van der Waals surface area contributed by atoms with Gasteiger partial charge in [-0.15, -0.1) is 0 Å². The van der Waals surface area contributed by atoms with Crippen molar-refractivity contribution in [3.05, 3.63) is 70.0 Å². The SMILES string of the molecule is CN(Cc1cccc(Cl)c1)Cc1ccc(F)cc1C(=O)O. The molecule has 2 aromatic carbocycles. The van der Waals surface area contributed by atoms with Gasteiger partial charge in [0.05, 0.1) is 5.56 Å². The van der Waals surface area contributed by atoms with E-state index in [0.717, 1.165) is 11.6 Å². The van der Waals surface area contributed by atoms with Gasteiger partial charge in [0, 0.05) is 18.1 Å². The second kappa shape index (κ2) is 6.70. The molecule has 21 heavy (non-hydrogen) atoms. The second-order valence-electron chi connectivity index (χ2n) is 4.91. The zero-order valence-electron chi connectivity index (χ0n) is 11.5. The largest absolute Gasteiger partial charge is 0.478 e. The van der Waals surface area contributed by atoms with Crippen LogP contribution in [-0.4, -0.2) is 23.0 Å². The summed E-state index contributed by atoms with van der Waals surface area (Å²) in [5, 5.41) is 9.79. The van der Waals surface area contributed by atoms with E-state index in [-0.39, 0.29) is 5.56 Å². The normalized spacial score (nSPS) is 10.9. The molecule has 0 amide bonds. The van der Waals surface area contributed by atoms with Gasteiger partial charge in [0.15, 0.2) is 0 Å². The lowest BCUT2D eigenvalue weighted by molar-refractivity contribution is 0.0694. The van der Waals surface area contributed by atoms with Crippen LogP contribution in [0, 0.1) is 5.82 Å². The fourth-order valence-corrected chi connectivity index (χ4v) is 2.39. The van der Waals surface area contributed by atoms with Crippen LogP contribution in [0.15, 0.2) is 42.5 Å². The maximum absolute atomic E-state index is 13.1. The first kappa shape index (κ1) is 15.5. The Morgan fingerprint density at radius 2 is 2.00 bits per heavy atom. The van der Waals surface area contributed by atoms with Crippen molar-refractivity contribution in [1.82, 2.24) is 4.90 Å². The van der Waals surface area contributed by atoms with Crippen LogP contribution in [0.3, 0.4) is 0 Å². The Morgan fingerprint density at radius 3 is 2.67 bits per heavy atom. The molecule has 3 nitrogen and oxygen atoms in total. The summed E-state index contributed by atoms with van der Waals surface area (Å²) in [4.78, 5) is 13.1. The molecule has 0 unspecified atom stereocenters. The van der Waals surface area contributed by atoms with Crippen LogP contribution in [0.25, 0.3) is 0 Å². The molecule has 2 rings (SSSR count). The molecule has 0 atom stereocenters. The van der Waals surface area contributed by atoms with E-state index in [9.17, 15) is 9.18 Å². The number of carbonyl (C=O) groups is 1. The van der Waals surface area contributed by atoms with Gasteiger partial charge in [0.1, 0.15) is 5.82 Å². The van der Waals surface area contributed by atoms with E-state index in [2.05, 4.69) is 0 Å². The summed E-state index contributed by atoms with van der Waals surface area (Å²) in [5.74, 6) is -1.67. The van der Waals surface area contributed by atoms with Crippen LogP contribution in [0.5, 0.6) is 0 Å². The minimum atomic E-state index is -1.12. The van der Waals surface area contributed by atoms with Gasteiger partial charge in [-0.2, -0.15) is 0 Å². The Labute approximate surface area is 127 Å². The summed E-state index contributed by atoms with van der Waals surface area (Å²) < 4.78 is 13.1. The Kier molecular flexibility index (Phi) is 4.94. The van der Waals surface area contributed by atoms with Gasteiger partial charge in [0.25, 0.3) is 0 Å². The molecular formula is C16H15ClFNO2. The molecule has 110 valence electrons. The fourth-order valence-electron chi connectivity index (χ4n) is 2.18. The van der Waals surface area contributed by atoms with Crippen molar-refractivity contribution in [3.63, 3.8) is 0 Å². The number of hydrogen-bond donors (Lipinski definition) is 1. The molecule has 0 heterocycles. The maximum atomic E-state index is 13.1. The molecule has 0 spiro atoms. The topological polar surface area (TPSA) is 40.5 Å². The minimum absolute atomic E-state index is 0.00653. The summed E-state index contributed by atoms with van der Waals surface area (Å²) in [7, 11) is 1.87. The lowest BCUT2D eigenvalue weighted by atomic mass is 10.1. The number of rotatable bonds is 5. The zero-order chi connectivity index (χ0) is 15.4. The van der Waals surface area contributed by atoms with Crippen LogP contribution in [0.2, 0.25) is 5.02 Å². The highest BCUT2D eigenvalue weighted by Gasteiger charge is 2.13. The number of nitrogens with zero attached hydrogens (tertiary/aromatic N) is 1. The Morgan fingerprint density at radius 1 is 1.24 bits per heavy atom. The van der Waals surface area contributed by atoms with Crippen molar-refractivity contribution in [2.24, 2.45) is 0 Å². The van der Waals surface area contributed by atoms with Gasteiger partial charge in [0.2, 0.25) is 0 Å². The first-order chi connectivity index (χ1) is 9.95. The first-order valence-corrected chi connectivity index (χ1v) is 6.78. The molecule has 0 saturated carbocycles. The Bertz CT molecular complexity index is 660. The van der Waals surface area contributed by atoms with E-state index in [1.165, 1.54) is 12.1 Å². The molecule has 1 N–H and O–H groups in total. The number of halogens is 2. The van der Waals surface area contributed by atoms with Crippen molar-refractivity contribution in [2.45, 2.75) is 13.1 Å². The standard InChI is InChI=1S/C16H15ClFNO2/c1-19(9-11-3-2-4-13(17)7-11)10-12-5-6-14(18)8-15(12)16(20)21/h2-8H,9-10H2,1H3,(H,20,21). The van der Waals surface area contributed by atoms with E-state index in [0.29, 0.717) is 23.7 Å². The smallest absolute Gasteiger partial charge is 0.336 e. The minimum Gasteiger partial charge on any atom is -0.478 e. The summed E-state index contributed by atoms with van der Waals surface area (Å²) in [6.07, 6.45) is 0. The van der Waals surface area contributed by atoms with E-state index < -0.39 is 11.8 Å². The summed E-state index contributed by atoms with van der Waals surface area (Å²) >= 11 is 5.93. The van der Waals surface area contributed by atoms with Crippen LogP contribution in [0.1, 0.15) is 21.5 Å². The van der Waals surface area contributed by atoms with Gasteiger partial charge in [-0.1, -0.05) is 29.8 Å². The van der Waals surface area contributed by atoms with Gasteiger partial charge in [-0.25, -0.2) is 9.18 Å². The molecule has 0 aliphatic rings. The number of aromatic carboxylic acids is 1. The number of benzene rings is 2. The van der Waals surface area contributed by atoms with E-state index in [1.54, 1.807) is 6.07 Å². The molecule has 0 aromatic heterocycles. The lowest BCUT2D eigenvalue weighted by Crippen LogP contribution is -2.19. The number of carboxylic acids is 1. The third-order valence-electron chi connectivity index (χ3n) is 3.08. The van der Waals surface area contributed by atoms with E-state index in [4.69, 9.17) is 16.7 Å². The molecule has 0 fully saturated rings. The van der Waals surface area contributed by atoms with Gasteiger partial charge in [-0.05, 0) is 42.4 Å². The third-order valence-corrected chi connectivity index (χ3v) is 3.32.